The van der Waals surface area contributed by atoms with E-state index in [1.807, 2.05) is 18.4 Å². The topological polar surface area (TPSA) is 67.5 Å². The highest BCUT2D eigenvalue weighted by Crippen LogP contribution is 2.12. The second-order valence-corrected chi connectivity index (χ2v) is 4.70. The molecule has 5 heteroatoms. The highest BCUT2D eigenvalue weighted by Gasteiger charge is 2.06. The molecule has 0 aliphatic heterocycles. The van der Waals surface area contributed by atoms with Crippen LogP contribution in [0.15, 0.2) is 40.8 Å². The Kier molecular flexibility index (Phi) is 3.74. The van der Waals surface area contributed by atoms with Gasteiger partial charge in [0.25, 0.3) is 5.91 Å². The van der Waals surface area contributed by atoms with Gasteiger partial charge >= 0.3 is 0 Å². The molecule has 0 saturated heterocycles. The summed E-state index contributed by atoms with van der Waals surface area (Å²) in [7, 11) is 0. The summed E-state index contributed by atoms with van der Waals surface area (Å²) in [5.41, 5.74) is 10.2. The summed E-state index contributed by atoms with van der Waals surface area (Å²) in [6, 6.07) is 8.89. The molecule has 3 N–H and O–H groups in total. The van der Waals surface area contributed by atoms with Gasteiger partial charge in [-0.25, -0.2) is 5.43 Å². The van der Waals surface area contributed by atoms with Crippen LogP contribution in [-0.4, -0.2) is 12.1 Å². The van der Waals surface area contributed by atoms with Crippen LogP contribution >= 0.6 is 11.3 Å². The van der Waals surface area contributed by atoms with Crippen LogP contribution in [0.5, 0.6) is 0 Å². The van der Waals surface area contributed by atoms with Crippen molar-refractivity contribution >= 4 is 29.1 Å². The molecule has 0 unspecified atom stereocenters. The van der Waals surface area contributed by atoms with E-state index in [2.05, 4.69) is 10.5 Å². The van der Waals surface area contributed by atoms with E-state index in [1.165, 1.54) is 0 Å². The zero-order valence-electron chi connectivity index (χ0n) is 9.88. The normalized spacial score (nSPS) is 10.7. The lowest BCUT2D eigenvalue weighted by molar-refractivity contribution is 0.0956. The molecular formula is C13H13N3OS. The molecule has 1 amide bonds. The number of amides is 1. The van der Waals surface area contributed by atoms with Crippen LogP contribution in [0.3, 0.4) is 0 Å². The second kappa shape index (κ2) is 5.46. The van der Waals surface area contributed by atoms with Crippen LogP contribution in [0.2, 0.25) is 0 Å². The first-order valence-corrected chi connectivity index (χ1v) is 6.28. The minimum atomic E-state index is -0.307. The van der Waals surface area contributed by atoms with Gasteiger partial charge in [0.05, 0.1) is 11.8 Å². The first-order chi connectivity index (χ1) is 8.68. The highest BCUT2D eigenvalue weighted by molar-refractivity contribution is 7.11. The number of nitrogens with one attached hydrogen (secondary N) is 1. The molecule has 92 valence electrons. The Morgan fingerprint density at radius 3 is 2.83 bits per heavy atom. The Bertz CT molecular complexity index is 589. The van der Waals surface area contributed by atoms with E-state index in [1.54, 1.807) is 41.8 Å². The number of rotatable bonds is 3. The van der Waals surface area contributed by atoms with E-state index in [0.29, 0.717) is 11.3 Å². The van der Waals surface area contributed by atoms with Crippen molar-refractivity contribution in [3.63, 3.8) is 0 Å². The Labute approximate surface area is 109 Å². The third kappa shape index (κ3) is 2.75. The van der Waals surface area contributed by atoms with Gasteiger partial charge in [0, 0.05) is 10.6 Å². The molecule has 1 heterocycles. The number of thiophene rings is 1. The van der Waals surface area contributed by atoms with Gasteiger partial charge in [0.2, 0.25) is 0 Å². The van der Waals surface area contributed by atoms with Crippen LogP contribution in [0, 0.1) is 6.92 Å². The third-order valence-electron chi connectivity index (χ3n) is 2.46. The molecule has 4 nitrogen and oxygen atoms in total. The molecule has 0 spiro atoms. The van der Waals surface area contributed by atoms with Crippen LogP contribution < -0.4 is 11.2 Å². The van der Waals surface area contributed by atoms with Gasteiger partial charge in [-0.3, -0.25) is 4.79 Å². The number of hydrazone groups is 1. The Morgan fingerprint density at radius 2 is 2.17 bits per heavy atom. The molecule has 0 aliphatic carbocycles. The zero-order chi connectivity index (χ0) is 13.0. The Morgan fingerprint density at radius 1 is 1.39 bits per heavy atom. The second-order valence-electron chi connectivity index (χ2n) is 3.75. The maximum Gasteiger partial charge on any atom is 0.273 e. The Hall–Kier alpha value is -2.14. The molecule has 2 rings (SSSR count). The third-order valence-corrected chi connectivity index (χ3v) is 3.41. The summed E-state index contributed by atoms with van der Waals surface area (Å²) in [5.74, 6) is -0.307. The lowest BCUT2D eigenvalue weighted by atomic mass is 10.2. The molecule has 0 saturated carbocycles. The standard InChI is InChI=1S/C13H13N3OS/c1-9-6-7-18-12(9)8-15-16-13(17)10-4-2-3-5-11(10)14/h2-8H,14H2,1H3,(H,16,17)/b15-8+. The number of carbonyl (C=O) groups is 1. The smallest absolute Gasteiger partial charge is 0.273 e. The molecule has 18 heavy (non-hydrogen) atoms. The van der Waals surface area contributed by atoms with Gasteiger partial charge in [0.15, 0.2) is 0 Å². The van der Waals surface area contributed by atoms with Crippen molar-refractivity contribution in [1.29, 1.82) is 0 Å². The maximum absolute atomic E-state index is 11.8. The van der Waals surface area contributed by atoms with Gasteiger partial charge < -0.3 is 5.73 Å². The fourth-order valence-electron chi connectivity index (χ4n) is 1.43. The van der Waals surface area contributed by atoms with Crippen LogP contribution in [0.1, 0.15) is 20.8 Å². The SMILES string of the molecule is Cc1ccsc1/C=N/NC(=O)c1ccccc1N. The monoisotopic (exact) mass is 259 g/mol. The van der Waals surface area contributed by atoms with E-state index in [0.717, 1.165) is 10.4 Å². The predicted molar refractivity (Wildman–Crippen MR) is 75.0 cm³/mol. The molecule has 1 aromatic carbocycles. The summed E-state index contributed by atoms with van der Waals surface area (Å²) < 4.78 is 0. The number of hydrogen-bond donors (Lipinski definition) is 2. The molecule has 1 aromatic heterocycles. The number of para-hydroxylation sites is 1. The number of hydrogen-bond acceptors (Lipinski definition) is 4. The summed E-state index contributed by atoms with van der Waals surface area (Å²) in [4.78, 5) is 12.8. The summed E-state index contributed by atoms with van der Waals surface area (Å²) in [6.07, 6.45) is 1.64. The number of carbonyl (C=O) groups excluding carboxylic acids is 1. The van der Waals surface area contributed by atoms with Gasteiger partial charge in [-0.15, -0.1) is 11.3 Å². The van der Waals surface area contributed by atoms with Crippen molar-refractivity contribution in [2.24, 2.45) is 5.10 Å². The largest absolute Gasteiger partial charge is 0.398 e. The van der Waals surface area contributed by atoms with Crippen LogP contribution in [0.25, 0.3) is 0 Å². The minimum absolute atomic E-state index is 0.307. The Balaban J connectivity index is 2.03. The van der Waals surface area contributed by atoms with E-state index in [-0.39, 0.29) is 5.91 Å². The first-order valence-electron chi connectivity index (χ1n) is 5.40. The van der Waals surface area contributed by atoms with Crippen LogP contribution in [-0.2, 0) is 0 Å². The van der Waals surface area contributed by atoms with Crippen molar-refractivity contribution in [1.82, 2.24) is 5.43 Å². The van der Waals surface area contributed by atoms with Gasteiger partial charge in [-0.1, -0.05) is 12.1 Å². The fourth-order valence-corrected chi connectivity index (χ4v) is 2.22. The van der Waals surface area contributed by atoms with E-state index >= 15 is 0 Å². The lowest BCUT2D eigenvalue weighted by Gasteiger charge is -2.02. The number of anilines is 1. The first kappa shape index (κ1) is 12.3. The number of nitrogens with two attached hydrogens (primary N) is 1. The molecule has 0 bridgehead atoms. The predicted octanol–water partition coefficient (Wildman–Crippen LogP) is 2.40. The maximum atomic E-state index is 11.8. The number of nitrogens with zero attached hydrogens (tertiary/aromatic N) is 1. The fraction of sp³-hybridized carbons (Fsp3) is 0.0769. The van der Waals surface area contributed by atoms with Crippen molar-refractivity contribution in [2.45, 2.75) is 6.92 Å². The molecular weight excluding hydrogens is 246 g/mol. The average molecular weight is 259 g/mol. The van der Waals surface area contributed by atoms with E-state index in [4.69, 9.17) is 5.73 Å². The number of nitrogen functional groups attached to an aromatic ring is 1. The van der Waals surface area contributed by atoms with Gasteiger partial charge in [0.1, 0.15) is 0 Å². The summed E-state index contributed by atoms with van der Waals surface area (Å²) in [5, 5.41) is 5.90. The van der Waals surface area contributed by atoms with Gasteiger partial charge in [-0.05, 0) is 36.1 Å². The quantitative estimate of drug-likeness (QED) is 0.505. The average Bonchev–Trinajstić information content (AvgIpc) is 2.75. The summed E-state index contributed by atoms with van der Waals surface area (Å²) >= 11 is 1.57. The molecule has 0 fully saturated rings. The summed E-state index contributed by atoms with van der Waals surface area (Å²) in [6.45, 7) is 1.99. The molecule has 2 aromatic rings. The molecule has 0 atom stereocenters. The van der Waals surface area contributed by atoms with Crippen molar-refractivity contribution in [3.8, 4) is 0 Å². The minimum Gasteiger partial charge on any atom is -0.398 e. The van der Waals surface area contributed by atoms with Crippen molar-refractivity contribution < 1.29 is 4.79 Å². The van der Waals surface area contributed by atoms with Crippen LogP contribution in [0.4, 0.5) is 5.69 Å². The van der Waals surface area contributed by atoms with Crippen molar-refractivity contribution in [2.75, 3.05) is 5.73 Å². The zero-order valence-corrected chi connectivity index (χ0v) is 10.7. The molecule has 0 radical (unpaired) electrons. The molecule has 0 aliphatic rings. The number of aryl methyl sites for hydroxylation is 1. The highest BCUT2D eigenvalue weighted by atomic mass is 32.1. The van der Waals surface area contributed by atoms with E-state index < -0.39 is 0 Å². The number of benzene rings is 1. The van der Waals surface area contributed by atoms with E-state index in [9.17, 15) is 4.79 Å². The van der Waals surface area contributed by atoms with Gasteiger partial charge in [-0.2, -0.15) is 5.10 Å². The van der Waals surface area contributed by atoms with Crippen molar-refractivity contribution in [3.05, 3.63) is 51.7 Å². The lowest BCUT2D eigenvalue weighted by Crippen LogP contribution is -2.18.